The summed E-state index contributed by atoms with van der Waals surface area (Å²) in [6, 6.07) is 49.5. The van der Waals surface area contributed by atoms with Gasteiger partial charge in [-0.05, 0) is 118 Å². The minimum Gasteiger partial charge on any atom is -0.452 e. The van der Waals surface area contributed by atoms with Crippen molar-refractivity contribution in [3.05, 3.63) is 156 Å². The lowest BCUT2D eigenvalue weighted by Gasteiger charge is -2.37. The van der Waals surface area contributed by atoms with Gasteiger partial charge >= 0.3 is 0 Å². The summed E-state index contributed by atoms with van der Waals surface area (Å²) in [6.45, 7) is 0. The van der Waals surface area contributed by atoms with Crippen LogP contribution >= 0.6 is 0 Å². The van der Waals surface area contributed by atoms with Gasteiger partial charge in [-0.15, -0.1) is 0 Å². The van der Waals surface area contributed by atoms with E-state index < -0.39 is 0 Å². The first-order chi connectivity index (χ1) is 27.2. The number of furan rings is 1. The van der Waals surface area contributed by atoms with Crippen molar-refractivity contribution in [1.29, 1.82) is 0 Å². The molecule has 2 spiro atoms. The van der Waals surface area contributed by atoms with Crippen LogP contribution in [0.3, 0.4) is 0 Å². The molecule has 55 heavy (non-hydrogen) atoms. The normalized spacial score (nSPS) is 17.4. The lowest BCUT2D eigenvalue weighted by molar-refractivity contribution is 0.350. The molecule has 2 fully saturated rings. The first-order valence-electron chi connectivity index (χ1n) is 20.5. The third kappa shape index (κ3) is 4.50. The predicted octanol–water partition coefficient (Wildman–Crippen LogP) is 13.8. The van der Waals surface area contributed by atoms with Gasteiger partial charge in [-0.3, -0.25) is 0 Å². The van der Waals surface area contributed by atoms with Gasteiger partial charge in [0.1, 0.15) is 16.8 Å². The number of benzene rings is 6. The second-order valence-electron chi connectivity index (χ2n) is 16.7. The summed E-state index contributed by atoms with van der Waals surface area (Å²) in [5.41, 5.74) is 20.2. The van der Waals surface area contributed by atoms with Gasteiger partial charge in [-0.2, -0.15) is 0 Å². The Balaban J connectivity index is 1.01. The topological polar surface area (TPSA) is 38.9 Å². The second kappa shape index (κ2) is 11.8. The monoisotopic (exact) mass is 710 g/mol. The van der Waals surface area contributed by atoms with Crippen LogP contribution < -0.4 is 0 Å². The van der Waals surface area contributed by atoms with E-state index in [0.717, 1.165) is 38.9 Å². The van der Waals surface area contributed by atoms with E-state index in [4.69, 9.17) is 14.4 Å². The molecule has 266 valence electrons. The molecule has 2 saturated carbocycles. The number of hydrogen-bond acceptors (Lipinski definition) is 3. The number of nitrogens with zero attached hydrogens (tertiary/aromatic N) is 2. The Morgan fingerprint density at radius 3 is 1.80 bits per heavy atom. The van der Waals surface area contributed by atoms with Gasteiger partial charge in [-0.1, -0.05) is 136 Å². The largest absolute Gasteiger partial charge is 0.452 e. The highest BCUT2D eigenvalue weighted by atomic mass is 16.3. The van der Waals surface area contributed by atoms with Crippen molar-refractivity contribution < 1.29 is 4.42 Å². The third-order valence-electron chi connectivity index (χ3n) is 13.9. The molecule has 0 bridgehead atoms. The zero-order chi connectivity index (χ0) is 36.1. The van der Waals surface area contributed by atoms with E-state index in [1.807, 2.05) is 36.4 Å². The van der Waals surface area contributed by atoms with Gasteiger partial charge in [0.25, 0.3) is 0 Å². The van der Waals surface area contributed by atoms with Crippen LogP contribution in [0.2, 0.25) is 0 Å². The molecule has 2 heterocycles. The maximum atomic E-state index is 6.52. The second-order valence-corrected chi connectivity index (χ2v) is 16.7. The van der Waals surface area contributed by atoms with Crippen LogP contribution in [0.4, 0.5) is 0 Å². The number of hydrogen-bond donors (Lipinski definition) is 0. The highest BCUT2D eigenvalue weighted by Crippen LogP contribution is 2.62. The summed E-state index contributed by atoms with van der Waals surface area (Å²) in [7, 11) is 0. The van der Waals surface area contributed by atoms with Gasteiger partial charge in [0.05, 0.1) is 0 Å². The van der Waals surface area contributed by atoms with Gasteiger partial charge in [0.15, 0.2) is 11.4 Å². The Kier molecular flexibility index (Phi) is 6.79. The van der Waals surface area contributed by atoms with Crippen molar-refractivity contribution in [3.63, 3.8) is 0 Å². The summed E-state index contributed by atoms with van der Waals surface area (Å²) < 4.78 is 6.52. The van der Waals surface area contributed by atoms with Crippen LogP contribution in [0.1, 0.15) is 86.5 Å². The molecule has 0 atom stereocenters. The average molecular weight is 711 g/mol. The highest BCUT2D eigenvalue weighted by Gasteiger charge is 2.49. The van der Waals surface area contributed by atoms with Crippen molar-refractivity contribution in [2.75, 3.05) is 0 Å². The van der Waals surface area contributed by atoms with E-state index in [9.17, 15) is 0 Å². The summed E-state index contributed by atoms with van der Waals surface area (Å²) in [5, 5.41) is 1.01. The van der Waals surface area contributed by atoms with Crippen LogP contribution in [0.25, 0.3) is 78.1 Å². The van der Waals surface area contributed by atoms with Crippen molar-refractivity contribution in [2.24, 2.45) is 0 Å². The highest BCUT2D eigenvalue weighted by molar-refractivity contribution is 6.07. The first-order valence-corrected chi connectivity index (χ1v) is 20.5. The molecule has 3 heteroatoms. The van der Waals surface area contributed by atoms with Crippen molar-refractivity contribution in [3.8, 4) is 56.0 Å². The molecule has 6 aromatic carbocycles. The molecule has 12 rings (SSSR count). The molecule has 0 radical (unpaired) electrons. The fourth-order valence-electron chi connectivity index (χ4n) is 11.4. The van der Waals surface area contributed by atoms with Crippen LogP contribution in [0.5, 0.6) is 0 Å². The van der Waals surface area contributed by atoms with Gasteiger partial charge in [-0.25, -0.2) is 9.97 Å². The van der Waals surface area contributed by atoms with Crippen LogP contribution in [0, 0.1) is 0 Å². The number of para-hydroxylation sites is 1. The number of aromatic nitrogens is 2. The third-order valence-corrected chi connectivity index (χ3v) is 13.9. The minimum absolute atomic E-state index is 0.0561. The SMILES string of the molecule is c1ccc(-c2nc(-c3cccc(-c4ccc5c(c4)C4(CCCCC4)c4cc6c(cc4-5)C4(CCCCC4)c4ccccc4-6)c3)c3oc4ccccc4c3n2)cc1. The number of rotatable bonds is 3. The molecule has 0 unspecified atom stereocenters. The summed E-state index contributed by atoms with van der Waals surface area (Å²) >= 11 is 0. The first kappa shape index (κ1) is 31.5. The van der Waals surface area contributed by atoms with Crippen LogP contribution in [-0.4, -0.2) is 9.97 Å². The predicted molar refractivity (Wildman–Crippen MR) is 224 cm³/mol. The zero-order valence-electron chi connectivity index (χ0n) is 31.1. The van der Waals surface area contributed by atoms with E-state index in [2.05, 4.69) is 97.1 Å². The van der Waals surface area contributed by atoms with E-state index in [0.29, 0.717) is 5.82 Å². The van der Waals surface area contributed by atoms with Crippen molar-refractivity contribution >= 4 is 22.1 Å². The summed E-state index contributed by atoms with van der Waals surface area (Å²) in [6.07, 6.45) is 12.8. The molecule has 4 aliphatic carbocycles. The Hall–Kier alpha value is -5.80. The van der Waals surface area contributed by atoms with Gasteiger partial charge in [0, 0.05) is 27.3 Å². The van der Waals surface area contributed by atoms with Gasteiger partial charge in [0.2, 0.25) is 0 Å². The Labute approximate surface area is 322 Å². The lowest BCUT2D eigenvalue weighted by Crippen LogP contribution is -2.29. The zero-order valence-corrected chi connectivity index (χ0v) is 31.1. The Bertz CT molecular complexity index is 2830. The molecule has 2 aromatic heterocycles. The van der Waals surface area contributed by atoms with E-state index in [-0.39, 0.29) is 10.8 Å². The molecule has 3 nitrogen and oxygen atoms in total. The lowest BCUT2D eigenvalue weighted by atomic mass is 9.66. The summed E-state index contributed by atoms with van der Waals surface area (Å²) in [4.78, 5) is 10.3. The van der Waals surface area contributed by atoms with Crippen LogP contribution in [0.15, 0.2) is 138 Å². The maximum absolute atomic E-state index is 6.52. The van der Waals surface area contributed by atoms with E-state index >= 15 is 0 Å². The molecule has 4 aliphatic rings. The standard InChI is InChI=1S/C52H42N2O/c1-4-15-33(16-5-1)50-53-47(49-48(54-50)39-20-7-9-22-46(39)55-49)36-18-14-17-34(29-36)35-23-24-38-41-32-44-40(31-45(41)52(43(38)30-35)27-12-3-13-28-52)37-19-6-8-21-42(37)51(44)25-10-2-11-26-51/h1,4-9,14-24,29-32H,2-3,10-13,25-28H2. The quantitative estimate of drug-likeness (QED) is 0.183. The van der Waals surface area contributed by atoms with E-state index in [1.165, 1.54) is 103 Å². The molecule has 0 aliphatic heterocycles. The summed E-state index contributed by atoms with van der Waals surface area (Å²) in [5.74, 6) is 0.708. The Morgan fingerprint density at radius 2 is 1.02 bits per heavy atom. The smallest absolute Gasteiger partial charge is 0.180 e. The van der Waals surface area contributed by atoms with Crippen molar-refractivity contribution in [1.82, 2.24) is 9.97 Å². The molecule has 0 saturated heterocycles. The molecular formula is C52H42N2O. The van der Waals surface area contributed by atoms with Crippen molar-refractivity contribution in [2.45, 2.75) is 75.0 Å². The van der Waals surface area contributed by atoms with E-state index in [1.54, 1.807) is 16.7 Å². The average Bonchev–Trinajstić information content (AvgIpc) is 3.85. The fraction of sp³-hybridized carbons (Fsp3) is 0.231. The maximum Gasteiger partial charge on any atom is 0.180 e. The Morgan fingerprint density at radius 1 is 0.418 bits per heavy atom. The molecule has 0 N–H and O–H groups in total. The van der Waals surface area contributed by atoms with Gasteiger partial charge < -0.3 is 4.42 Å². The van der Waals surface area contributed by atoms with Crippen LogP contribution in [-0.2, 0) is 10.8 Å². The minimum atomic E-state index is 0.0561. The molecule has 8 aromatic rings. The fourth-order valence-corrected chi connectivity index (χ4v) is 11.4. The molecular weight excluding hydrogens is 669 g/mol. The molecule has 0 amide bonds. The number of fused-ring (bicyclic) bond motifs is 13.